The minimum atomic E-state index is -0.106. The van der Waals surface area contributed by atoms with Crippen molar-refractivity contribution in [1.82, 2.24) is 4.57 Å². The van der Waals surface area contributed by atoms with Crippen LogP contribution in [0.15, 0.2) is 224 Å². The highest BCUT2D eigenvalue weighted by molar-refractivity contribution is 6.28. The van der Waals surface area contributed by atoms with Crippen LogP contribution in [0.25, 0.3) is 104 Å². The molecule has 0 aliphatic heterocycles. The quantitative estimate of drug-likeness (QED) is 0.138. The molecule has 0 unspecified atom stereocenters. The van der Waals surface area contributed by atoms with Gasteiger partial charge in [-0.3, -0.25) is 0 Å². The summed E-state index contributed by atoms with van der Waals surface area (Å²) in [5.74, 6) is 0. The van der Waals surface area contributed by atoms with E-state index in [0.29, 0.717) is 0 Å². The van der Waals surface area contributed by atoms with Crippen LogP contribution in [0.3, 0.4) is 0 Å². The van der Waals surface area contributed by atoms with E-state index in [0.717, 1.165) is 22.6 Å². The summed E-state index contributed by atoms with van der Waals surface area (Å²) in [6.45, 7) is 34.9. The fourth-order valence-corrected chi connectivity index (χ4v) is 13.1. The molecule has 1 aromatic heterocycles. The van der Waals surface area contributed by atoms with Crippen molar-refractivity contribution in [3.05, 3.63) is 252 Å². The number of fused-ring (bicyclic) bond motifs is 3. The summed E-state index contributed by atoms with van der Waals surface area (Å²) in [6, 6.07) is 86.2. The molecule has 0 saturated heterocycles. The number of nitrogens with zero attached hydrogens (tertiary/aromatic N) is 2. The minimum absolute atomic E-state index is 0.00616. The Hall–Kier alpha value is -8.72. The normalized spacial score (nSPS) is 12.8. The van der Waals surface area contributed by atoms with Crippen LogP contribution in [0.5, 0.6) is 0 Å². The summed E-state index contributed by atoms with van der Waals surface area (Å²) < 4.78 is 2.48. The van der Waals surface area contributed by atoms with E-state index < -0.39 is 0 Å². The van der Waals surface area contributed by atoms with Gasteiger partial charge < -0.3 is 9.47 Å². The largest absolute Gasteiger partial charge is 0.309 e. The third-order valence-corrected chi connectivity index (χ3v) is 18.3. The van der Waals surface area contributed by atoms with Gasteiger partial charge in [0.2, 0.25) is 0 Å². The molecule has 2 nitrogen and oxygen atoms in total. The first-order chi connectivity index (χ1) is 40.8. The summed E-state index contributed by atoms with van der Waals surface area (Å²) in [5, 5.41) is 9.95. The highest BCUT2D eigenvalue weighted by atomic mass is 15.1. The van der Waals surface area contributed by atoms with E-state index in [2.05, 4.69) is 338 Å². The second kappa shape index (κ2) is 20.5. The van der Waals surface area contributed by atoms with Gasteiger partial charge in [-0.05, 0) is 158 Å². The zero-order valence-electron chi connectivity index (χ0n) is 53.3. The molecule has 2 heteroatoms. The van der Waals surface area contributed by atoms with Gasteiger partial charge in [0.05, 0.1) is 33.8 Å². The van der Waals surface area contributed by atoms with Gasteiger partial charge in [-0.1, -0.05) is 280 Å². The minimum Gasteiger partial charge on any atom is -0.309 e. The number of hydrogen-bond donors (Lipinski definition) is 0. The van der Waals surface area contributed by atoms with Crippen molar-refractivity contribution in [2.75, 3.05) is 4.90 Å². The monoisotopic (exact) mass is 1120 g/mol. The van der Waals surface area contributed by atoms with Crippen LogP contribution in [0.2, 0.25) is 0 Å². The van der Waals surface area contributed by atoms with Crippen LogP contribution < -0.4 is 4.90 Å². The molecule has 0 atom stereocenters. The Morgan fingerprint density at radius 2 is 0.698 bits per heavy atom. The van der Waals surface area contributed by atoms with Gasteiger partial charge in [0.15, 0.2) is 0 Å². The number of anilines is 3. The third kappa shape index (κ3) is 10.1. The first kappa shape index (κ1) is 56.4. The average Bonchev–Trinajstić information content (AvgIpc) is 1.14. The van der Waals surface area contributed by atoms with E-state index in [4.69, 9.17) is 0 Å². The molecule has 13 rings (SSSR count). The van der Waals surface area contributed by atoms with Crippen molar-refractivity contribution >= 4 is 71.2 Å². The number of hydrogen-bond acceptors (Lipinski definition) is 1. The Kier molecular flexibility index (Phi) is 13.4. The predicted molar refractivity (Wildman–Crippen MR) is 374 cm³/mol. The highest BCUT2D eigenvalue weighted by Crippen LogP contribution is 2.51. The molecule has 13 aromatic rings. The molecule has 0 saturated carbocycles. The van der Waals surface area contributed by atoms with Crippen molar-refractivity contribution in [3.8, 4) is 50.2 Å². The highest BCUT2D eigenvalue weighted by Gasteiger charge is 2.28. The van der Waals surface area contributed by atoms with Crippen LogP contribution >= 0.6 is 0 Å². The molecule has 0 N–H and O–H groups in total. The van der Waals surface area contributed by atoms with E-state index >= 15 is 0 Å². The molecule has 0 bridgehead atoms. The second-order valence-corrected chi connectivity index (χ2v) is 29.6. The summed E-state index contributed by atoms with van der Waals surface area (Å²) in [7, 11) is 0. The number of para-hydroxylation sites is 3. The van der Waals surface area contributed by atoms with Crippen LogP contribution in [0.4, 0.5) is 17.1 Å². The lowest BCUT2D eigenvalue weighted by atomic mass is 9.79. The topological polar surface area (TPSA) is 8.17 Å². The predicted octanol–water partition coefficient (Wildman–Crippen LogP) is 24.3. The first-order valence-corrected chi connectivity index (χ1v) is 31.1. The van der Waals surface area contributed by atoms with Crippen molar-refractivity contribution in [3.63, 3.8) is 0 Å². The molecule has 1 heterocycles. The molecule has 0 spiro atoms. The van der Waals surface area contributed by atoms with Crippen LogP contribution in [-0.4, -0.2) is 4.57 Å². The van der Waals surface area contributed by atoms with Crippen LogP contribution in [0.1, 0.15) is 132 Å². The lowest BCUT2D eigenvalue weighted by Gasteiger charge is -2.32. The zero-order chi connectivity index (χ0) is 60.4. The fourth-order valence-electron chi connectivity index (χ4n) is 13.1. The van der Waals surface area contributed by atoms with E-state index in [1.165, 1.54) is 127 Å². The van der Waals surface area contributed by atoms with Gasteiger partial charge in [-0.2, -0.15) is 0 Å². The summed E-state index contributed by atoms with van der Waals surface area (Å²) in [5.41, 5.74) is 23.1. The van der Waals surface area contributed by atoms with Crippen molar-refractivity contribution in [2.24, 2.45) is 0 Å². The molecule has 428 valence electrons. The van der Waals surface area contributed by atoms with Gasteiger partial charge in [0.1, 0.15) is 0 Å². The Morgan fingerprint density at radius 1 is 0.256 bits per heavy atom. The molecule has 86 heavy (non-hydrogen) atoms. The van der Waals surface area contributed by atoms with Crippen molar-refractivity contribution in [2.45, 2.75) is 131 Å². The molecule has 0 aliphatic rings. The third-order valence-electron chi connectivity index (χ3n) is 18.3. The van der Waals surface area contributed by atoms with Gasteiger partial charge in [-0.15, -0.1) is 0 Å². The van der Waals surface area contributed by atoms with Crippen molar-refractivity contribution in [1.29, 1.82) is 0 Å². The lowest BCUT2D eigenvalue weighted by Crippen LogP contribution is -2.16. The second-order valence-electron chi connectivity index (χ2n) is 29.6. The summed E-state index contributed by atoms with van der Waals surface area (Å²) >= 11 is 0. The molecular formula is C84H82N2. The number of rotatable bonds is 8. The Morgan fingerprint density at radius 3 is 1.27 bits per heavy atom. The SMILES string of the molecule is CC(C)(C)c1cc(-c2ccc(-c3cc(C(C)(C)C)ccc3N(c3ccccc3-c3cccc(-c4cc(C(C)(C)C)cc(C(C)(C)C)c4)c3)c3ccc4ccc5c(-n6c7ccccc7c7ccccc76)ccc6ccc3c4c65)cc2)cc(C(C)(C)C)c1. The van der Waals surface area contributed by atoms with Gasteiger partial charge in [0.25, 0.3) is 0 Å². The van der Waals surface area contributed by atoms with Gasteiger partial charge >= 0.3 is 0 Å². The molecule has 0 radical (unpaired) electrons. The molecule has 0 fully saturated rings. The van der Waals surface area contributed by atoms with E-state index in [1.807, 2.05) is 0 Å². The molecular weight excluding hydrogens is 1040 g/mol. The van der Waals surface area contributed by atoms with E-state index in [-0.39, 0.29) is 27.1 Å². The molecule has 0 aliphatic carbocycles. The maximum atomic E-state index is 2.60. The van der Waals surface area contributed by atoms with E-state index in [9.17, 15) is 0 Å². The lowest BCUT2D eigenvalue weighted by molar-refractivity contribution is 0.568. The summed E-state index contributed by atoms with van der Waals surface area (Å²) in [6.07, 6.45) is 0. The molecule has 0 amide bonds. The van der Waals surface area contributed by atoms with E-state index in [1.54, 1.807) is 0 Å². The Balaban J connectivity index is 1.07. The summed E-state index contributed by atoms with van der Waals surface area (Å²) in [4.78, 5) is 2.60. The maximum Gasteiger partial charge on any atom is 0.0541 e. The smallest absolute Gasteiger partial charge is 0.0541 e. The van der Waals surface area contributed by atoms with Crippen molar-refractivity contribution < 1.29 is 0 Å². The number of benzene rings is 12. The van der Waals surface area contributed by atoms with Gasteiger partial charge in [0, 0.05) is 32.7 Å². The van der Waals surface area contributed by atoms with Crippen LogP contribution in [0, 0.1) is 0 Å². The van der Waals surface area contributed by atoms with Crippen LogP contribution in [-0.2, 0) is 27.1 Å². The Labute approximate surface area is 511 Å². The number of aromatic nitrogens is 1. The maximum absolute atomic E-state index is 2.60. The first-order valence-electron chi connectivity index (χ1n) is 31.1. The zero-order valence-corrected chi connectivity index (χ0v) is 53.3. The standard InChI is InChI=1S/C84H82N2/c1-80(2,3)61-39-44-77(71(52-61)54-33-31-53(32-34-54)59-46-62(81(4,5)6)50-63(47-59)82(7,8)9)85(72-28-19-16-25-66(72)58-24-22-23-57(45-58)60-48-64(83(10,11)12)51-65(49-60)84(13,14)15)75-42-37-55-36-41-70-76(43-38-56-35-40-69(75)78(55)79(56)70)86-73-29-20-17-26-67(73)68-27-18-21-30-74(68)86/h16-52H,1-15H3. The molecule has 12 aromatic carbocycles. The average molecular weight is 1120 g/mol. The van der Waals surface area contributed by atoms with Gasteiger partial charge in [-0.25, -0.2) is 0 Å². The fraction of sp³-hybridized carbons (Fsp3) is 0.238. The Bertz CT molecular complexity index is 4640.